The highest BCUT2D eigenvalue weighted by atomic mass is 35.5. The number of nitrogens with zero attached hydrogens (tertiary/aromatic N) is 1. The molecule has 18 heavy (non-hydrogen) atoms. The van der Waals surface area contributed by atoms with Crippen molar-refractivity contribution in [2.45, 2.75) is 46.2 Å². The van der Waals surface area contributed by atoms with E-state index in [1.807, 2.05) is 33.9 Å². The van der Waals surface area contributed by atoms with Crippen molar-refractivity contribution in [2.24, 2.45) is 11.7 Å². The molecule has 3 N–H and O–H groups in total. The standard InChI is InChI=1S/C12H21N3OS.ClH/c1-5-7(2)10(13)11(16)15-9(4)12-14-6-8(3)17-12;/h6-7,9-10H,5,13H2,1-4H3,(H,15,16);1H. The summed E-state index contributed by atoms with van der Waals surface area (Å²) in [5.74, 6) is 0.0972. The van der Waals surface area contributed by atoms with E-state index in [9.17, 15) is 4.79 Å². The maximum atomic E-state index is 11.9. The molecule has 0 fully saturated rings. The van der Waals surface area contributed by atoms with Gasteiger partial charge in [-0.25, -0.2) is 4.98 Å². The molecular weight excluding hydrogens is 270 g/mol. The van der Waals surface area contributed by atoms with Crippen LogP contribution in [-0.4, -0.2) is 16.9 Å². The van der Waals surface area contributed by atoms with Gasteiger partial charge in [0.2, 0.25) is 5.91 Å². The Hall–Kier alpha value is -0.650. The van der Waals surface area contributed by atoms with Gasteiger partial charge in [-0.3, -0.25) is 4.79 Å². The number of hydrogen-bond acceptors (Lipinski definition) is 4. The zero-order valence-corrected chi connectivity index (χ0v) is 12.9. The summed E-state index contributed by atoms with van der Waals surface area (Å²) in [4.78, 5) is 17.3. The lowest BCUT2D eigenvalue weighted by atomic mass is 9.99. The predicted molar refractivity (Wildman–Crippen MR) is 78.1 cm³/mol. The molecule has 4 nitrogen and oxygen atoms in total. The summed E-state index contributed by atoms with van der Waals surface area (Å²) in [5.41, 5.74) is 5.87. The van der Waals surface area contributed by atoms with Crippen molar-refractivity contribution in [1.29, 1.82) is 0 Å². The topological polar surface area (TPSA) is 68.0 Å². The van der Waals surface area contributed by atoms with Crippen LogP contribution in [0.4, 0.5) is 0 Å². The second-order valence-electron chi connectivity index (χ2n) is 4.45. The molecule has 0 aliphatic rings. The quantitative estimate of drug-likeness (QED) is 0.875. The first kappa shape index (κ1) is 17.4. The molecule has 6 heteroatoms. The molecule has 104 valence electrons. The van der Waals surface area contributed by atoms with Gasteiger partial charge in [-0.15, -0.1) is 23.7 Å². The Morgan fingerprint density at radius 1 is 1.56 bits per heavy atom. The average Bonchev–Trinajstić information content (AvgIpc) is 2.73. The highest BCUT2D eigenvalue weighted by Gasteiger charge is 2.21. The molecule has 0 radical (unpaired) electrons. The summed E-state index contributed by atoms with van der Waals surface area (Å²) >= 11 is 1.60. The van der Waals surface area contributed by atoms with E-state index in [2.05, 4.69) is 10.3 Å². The van der Waals surface area contributed by atoms with E-state index in [-0.39, 0.29) is 30.3 Å². The Morgan fingerprint density at radius 2 is 2.17 bits per heavy atom. The lowest BCUT2D eigenvalue weighted by Gasteiger charge is -2.20. The van der Waals surface area contributed by atoms with E-state index < -0.39 is 6.04 Å². The van der Waals surface area contributed by atoms with Crippen LogP contribution in [0, 0.1) is 12.8 Å². The van der Waals surface area contributed by atoms with Crippen molar-refractivity contribution in [1.82, 2.24) is 10.3 Å². The normalized spacial score (nSPS) is 15.4. The monoisotopic (exact) mass is 291 g/mol. The summed E-state index contributed by atoms with van der Waals surface area (Å²) < 4.78 is 0. The smallest absolute Gasteiger partial charge is 0.237 e. The van der Waals surface area contributed by atoms with Gasteiger partial charge in [0.1, 0.15) is 5.01 Å². The molecule has 0 spiro atoms. The Kier molecular flexibility index (Phi) is 7.43. The fraction of sp³-hybridized carbons (Fsp3) is 0.667. The van der Waals surface area contributed by atoms with Gasteiger partial charge in [0.05, 0.1) is 12.1 Å². The number of thiazole rings is 1. The van der Waals surface area contributed by atoms with Crippen LogP contribution in [0.5, 0.6) is 0 Å². The highest BCUT2D eigenvalue weighted by molar-refractivity contribution is 7.11. The molecule has 0 saturated heterocycles. The molecule has 1 amide bonds. The second-order valence-corrected chi connectivity index (χ2v) is 5.72. The van der Waals surface area contributed by atoms with Gasteiger partial charge in [0.15, 0.2) is 0 Å². The minimum Gasteiger partial charge on any atom is -0.346 e. The first-order valence-corrected chi connectivity index (χ1v) is 6.75. The average molecular weight is 292 g/mol. The van der Waals surface area contributed by atoms with Crippen molar-refractivity contribution in [2.75, 3.05) is 0 Å². The molecular formula is C12H22ClN3OS. The minimum absolute atomic E-state index is 0. The maximum Gasteiger partial charge on any atom is 0.237 e. The van der Waals surface area contributed by atoms with E-state index in [1.54, 1.807) is 11.3 Å². The number of carbonyl (C=O) groups is 1. The molecule has 0 bridgehead atoms. The molecule has 3 atom stereocenters. The third-order valence-corrected chi connectivity index (χ3v) is 4.02. The van der Waals surface area contributed by atoms with E-state index in [4.69, 9.17) is 5.73 Å². The first-order valence-electron chi connectivity index (χ1n) is 5.94. The van der Waals surface area contributed by atoms with E-state index in [0.29, 0.717) is 0 Å². The molecule has 1 aromatic rings. The Balaban J connectivity index is 0.00000289. The van der Waals surface area contributed by atoms with Gasteiger partial charge >= 0.3 is 0 Å². The third kappa shape index (κ3) is 4.55. The Morgan fingerprint density at radius 3 is 2.61 bits per heavy atom. The van der Waals surface area contributed by atoms with Gasteiger partial charge in [0, 0.05) is 11.1 Å². The van der Waals surface area contributed by atoms with Crippen molar-refractivity contribution in [3.05, 3.63) is 16.1 Å². The van der Waals surface area contributed by atoms with Crippen LogP contribution < -0.4 is 11.1 Å². The zero-order chi connectivity index (χ0) is 13.0. The highest BCUT2D eigenvalue weighted by Crippen LogP contribution is 2.19. The fourth-order valence-electron chi connectivity index (χ4n) is 1.46. The molecule has 3 unspecified atom stereocenters. The number of nitrogens with one attached hydrogen (secondary N) is 1. The van der Waals surface area contributed by atoms with E-state index >= 15 is 0 Å². The minimum atomic E-state index is -0.441. The lowest BCUT2D eigenvalue weighted by Crippen LogP contribution is -2.45. The lowest BCUT2D eigenvalue weighted by molar-refractivity contribution is -0.124. The van der Waals surface area contributed by atoms with Crippen LogP contribution in [0.3, 0.4) is 0 Å². The van der Waals surface area contributed by atoms with Crippen LogP contribution in [0.25, 0.3) is 0 Å². The second kappa shape index (κ2) is 7.71. The molecule has 0 saturated carbocycles. The number of aryl methyl sites for hydroxylation is 1. The third-order valence-electron chi connectivity index (χ3n) is 2.93. The van der Waals surface area contributed by atoms with Gasteiger partial charge in [0.25, 0.3) is 0 Å². The number of aromatic nitrogens is 1. The van der Waals surface area contributed by atoms with Gasteiger partial charge in [-0.2, -0.15) is 0 Å². The fourth-order valence-corrected chi connectivity index (χ4v) is 2.23. The van der Waals surface area contributed by atoms with Crippen LogP contribution in [-0.2, 0) is 4.79 Å². The van der Waals surface area contributed by atoms with E-state index in [0.717, 1.165) is 16.3 Å². The molecule has 0 aliphatic heterocycles. The number of halogens is 1. The Labute approximate surface area is 119 Å². The molecule has 1 rings (SSSR count). The molecule has 1 heterocycles. The summed E-state index contributed by atoms with van der Waals surface area (Å²) in [5, 5.41) is 3.83. The molecule has 0 aliphatic carbocycles. The largest absolute Gasteiger partial charge is 0.346 e. The predicted octanol–water partition coefficient (Wildman–Crippen LogP) is 2.42. The van der Waals surface area contributed by atoms with Crippen molar-refractivity contribution >= 4 is 29.7 Å². The van der Waals surface area contributed by atoms with Crippen LogP contribution in [0.1, 0.15) is 43.1 Å². The van der Waals surface area contributed by atoms with Crippen LogP contribution in [0.2, 0.25) is 0 Å². The number of carbonyl (C=O) groups excluding carboxylic acids is 1. The number of nitrogens with two attached hydrogens (primary N) is 1. The molecule has 0 aromatic carbocycles. The first-order chi connectivity index (χ1) is 7.95. The number of hydrogen-bond donors (Lipinski definition) is 2. The zero-order valence-electron chi connectivity index (χ0n) is 11.3. The number of amides is 1. The SMILES string of the molecule is CCC(C)C(N)C(=O)NC(C)c1ncc(C)s1.Cl. The van der Waals surface area contributed by atoms with Crippen molar-refractivity contribution in [3.8, 4) is 0 Å². The van der Waals surface area contributed by atoms with E-state index in [1.165, 1.54) is 0 Å². The van der Waals surface area contributed by atoms with Crippen LogP contribution in [0.15, 0.2) is 6.20 Å². The summed E-state index contributed by atoms with van der Waals surface area (Å²) in [6.07, 6.45) is 2.72. The summed E-state index contributed by atoms with van der Waals surface area (Å²) in [7, 11) is 0. The van der Waals surface area contributed by atoms with Crippen molar-refractivity contribution < 1.29 is 4.79 Å². The van der Waals surface area contributed by atoms with Gasteiger partial charge < -0.3 is 11.1 Å². The summed E-state index contributed by atoms with van der Waals surface area (Å²) in [6.45, 7) is 7.95. The van der Waals surface area contributed by atoms with Gasteiger partial charge in [-0.1, -0.05) is 20.3 Å². The summed E-state index contributed by atoms with van der Waals surface area (Å²) in [6, 6.07) is -0.514. The van der Waals surface area contributed by atoms with Gasteiger partial charge in [-0.05, 0) is 19.8 Å². The maximum absolute atomic E-state index is 11.9. The van der Waals surface area contributed by atoms with Crippen LogP contribution >= 0.6 is 23.7 Å². The molecule has 1 aromatic heterocycles. The van der Waals surface area contributed by atoms with Crippen molar-refractivity contribution in [3.63, 3.8) is 0 Å². The Bertz CT molecular complexity index is 383. The number of rotatable bonds is 5.